The number of anilines is 1. The second-order valence-corrected chi connectivity index (χ2v) is 4.70. The first-order valence-corrected chi connectivity index (χ1v) is 6.93. The van der Waals surface area contributed by atoms with Gasteiger partial charge in [0.2, 0.25) is 5.91 Å². The van der Waals surface area contributed by atoms with Gasteiger partial charge in [0.15, 0.2) is 0 Å². The van der Waals surface area contributed by atoms with Crippen molar-refractivity contribution in [1.29, 1.82) is 0 Å². The topological polar surface area (TPSA) is 91.4 Å². The van der Waals surface area contributed by atoms with Crippen molar-refractivity contribution in [3.8, 4) is 5.75 Å². The summed E-state index contributed by atoms with van der Waals surface area (Å²) in [4.78, 5) is 15.9. The maximum absolute atomic E-state index is 11.9. The van der Waals surface area contributed by atoms with Crippen LogP contribution in [0.3, 0.4) is 0 Å². The number of nitrogens with one attached hydrogen (secondary N) is 1. The van der Waals surface area contributed by atoms with Crippen molar-refractivity contribution in [2.45, 2.75) is 12.6 Å². The third-order valence-electron chi connectivity index (χ3n) is 2.99. The fourth-order valence-corrected chi connectivity index (χ4v) is 1.86. The second-order valence-electron chi connectivity index (χ2n) is 4.70. The highest BCUT2D eigenvalue weighted by atomic mass is 16.5. The fourth-order valence-electron chi connectivity index (χ4n) is 1.86. The third kappa shape index (κ3) is 4.57. The Kier molecular flexibility index (Phi) is 5.93. The van der Waals surface area contributed by atoms with Crippen molar-refractivity contribution in [3.05, 3.63) is 43.0 Å². The van der Waals surface area contributed by atoms with Gasteiger partial charge in [-0.05, 0) is 12.1 Å². The minimum absolute atomic E-state index is 0.162. The van der Waals surface area contributed by atoms with E-state index in [0.717, 1.165) is 0 Å². The van der Waals surface area contributed by atoms with E-state index >= 15 is 0 Å². The van der Waals surface area contributed by atoms with Crippen LogP contribution in [0.25, 0.3) is 0 Å². The Morgan fingerprint density at radius 1 is 1.45 bits per heavy atom. The molecule has 0 aliphatic carbocycles. The molecule has 1 aromatic heterocycles. The van der Waals surface area contributed by atoms with Crippen molar-refractivity contribution in [1.82, 2.24) is 9.55 Å². The number of aromatic nitrogens is 2. The normalized spacial score (nSPS) is 11.9. The van der Waals surface area contributed by atoms with Crippen LogP contribution in [0.1, 0.15) is 0 Å². The molecule has 7 heteroatoms. The van der Waals surface area contributed by atoms with Crippen molar-refractivity contribution < 1.29 is 14.3 Å². The van der Waals surface area contributed by atoms with Crippen LogP contribution < -0.4 is 15.8 Å². The first-order valence-electron chi connectivity index (χ1n) is 6.93. The molecule has 0 spiro atoms. The lowest BCUT2D eigenvalue weighted by Crippen LogP contribution is -2.39. The maximum atomic E-state index is 11.9. The zero-order valence-electron chi connectivity index (χ0n) is 12.4. The molecule has 0 fully saturated rings. The molecule has 2 aromatic rings. The Labute approximate surface area is 129 Å². The highest BCUT2D eigenvalue weighted by molar-refractivity contribution is 5.96. The van der Waals surface area contributed by atoms with Gasteiger partial charge in [0.25, 0.3) is 0 Å². The molecule has 3 N–H and O–H groups in total. The summed E-state index contributed by atoms with van der Waals surface area (Å²) >= 11 is 0. The largest absolute Gasteiger partial charge is 0.490 e. The Morgan fingerprint density at radius 2 is 2.27 bits per heavy atom. The molecular formula is C15H20N4O3. The number of benzene rings is 1. The van der Waals surface area contributed by atoms with E-state index in [0.29, 0.717) is 24.6 Å². The van der Waals surface area contributed by atoms with Gasteiger partial charge < -0.3 is 25.1 Å². The second kappa shape index (κ2) is 8.16. The summed E-state index contributed by atoms with van der Waals surface area (Å²) in [7, 11) is 1.50. The van der Waals surface area contributed by atoms with Crippen molar-refractivity contribution in [2.75, 3.05) is 25.6 Å². The Hall–Kier alpha value is -2.38. The van der Waals surface area contributed by atoms with Crippen molar-refractivity contribution >= 4 is 11.6 Å². The lowest BCUT2D eigenvalue weighted by molar-refractivity contribution is -0.118. The number of nitrogens with zero attached hydrogens (tertiary/aromatic N) is 2. The lowest BCUT2D eigenvalue weighted by Gasteiger charge is -2.15. The molecule has 1 atom stereocenters. The molecule has 0 radical (unpaired) electrons. The first-order chi connectivity index (χ1) is 10.7. The van der Waals surface area contributed by atoms with E-state index in [4.69, 9.17) is 15.2 Å². The van der Waals surface area contributed by atoms with Crippen LogP contribution in [0.4, 0.5) is 5.69 Å². The van der Waals surface area contributed by atoms with Gasteiger partial charge in [0.05, 0.1) is 25.2 Å². The number of carbonyl (C=O) groups is 1. The average molecular weight is 304 g/mol. The summed E-state index contributed by atoms with van der Waals surface area (Å²) in [6, 6.07) is 6.51. The quantitative estimate of drug-likeness (QED) is 0.755. The molecule has 0 saturated carbocycles. The van der Waals surface area contributed by atoms with Gasteiger partial charge >= 0.3 is 0 Å². The number of carbonyl (C=O) groups excluding carboxylic acids is 1. The van der Waals surface area contributed by atoms with E-state index in [1.807, 2.05) is 22.9 Å². The predicted octanol–water partition coefficient (Wildman–Crippen LogP) is 0.874. The van der Waals surface area contributed by atoms with Gasteiger partial charge in [-0.2, -0.15) is 0 Å². The van der Waals surface area contributed by atoms with Gasteiger partial charge in [-0.15, -0.1) is 0 Å². The number of amides is 1. The van der Waals surface area contributed by atoms with Crippen molar-refractivity contribution in [2.24, 2.45) is 5.73 Å². The van der Waals surface area contributed by atoms with Crippen LogP contribution in [0.5, 0.6) is 5.75 Å². The minimum Gasteiger partial charge on any atom is -0.490 e. The Balaban J connectivity index is 1.93. The van der Waals surface area contributed by atoms with Crippen LogP contribution >= 0.6 is 0 Å². The molecule has 22 heavy (non-hydrogen) atoms. The van der Waals surface area contributed by atoms with Crippen LogP contribution in [-0.2, 0) is 16.1 Å². The van der Waals surface area contributed by atoms with Gasteiger partial charge in [0, 0.05) is 19.5 Å². The van der Waals surface area contributed by atoms with E-state index in [-0.39, 0.29) is 12.5 Å². The maximum Gasteiger partial charge on any atom is 0.243 e. The van der Waals surface area contributed by atoms with Crippen LogP contribution in [0.2, 0.25) is 0 Å². The highest BCUT2D eigenvalue weighted by Gasteiger charge is 2.15. The summed E-state index contributed by atoms with van der Waals surface area (Å²) < 4.78 is 12.5. The molecule has 0 saturated heterocycles. The standard InChI is InChI=1S/C15H20N4O3/c1-21-10-12(16)15(20)18-13-4-2-3-5-14(13)22-9-8-19-7-6-17-11-19/h2-7,11-12H,8-10,16H2,1H3,(H,18,20). The molecule has 1 heterocycles. The molecule has 7 nitrogen and oxygen atoms in total. The number of methoxy groups -OCH3 is 1. The van der Waals surface area contributed by atoms with Gasteiger partial charge in [-0.1, -0.05) is 12.1 Å². The zero-order chi connectivity index (χ0) is 15.8. The molecule has 0 bridgehead atoms. The number of hydrogen-bond donors (Lipinski definition) is 2. The monoisotopic (exact) mass is 304 g/mol. The molecule has 0 aliphatic rings. The van der Waals surface area contributed by atoms with Gasteiger partial charge in [-0.3, -0.25) is 4.79 Å². The van der Waals surface area contributed by atoms with E-state index in [1.54, 1.807) is 24.7 Å². The van der Waals surface area contributed by atoms with Gasteiger partial charge in [-0.25, -0.2) is 4.98 Å². The third-order valence-corrected chi connectivity index (χ3v) is 2.99. The molecule has 1 amide bonds. The number of rotatable bonds is 8. The number of para-hydroxylation sites is 2. The van der Waals surface area contributed by atoms with E-state index < -0.39 is 6.04 Å². The molecule has 2 rings (SSSR count). The van der Waals surface area contributed by atoms with Crippen LogP contribution in [0, 0.1) is 0 Å². The summed E-state index contributed by atoms with van der Waals surface area (Å²) in [5.41, 5.74) is 6.29. The van der Waals surface area contributed by atoms with Crippen LogP contribution in [-0.4, -0.2) is 41.8 Å². The summed E-state index contributed by atoms with van der Waals surface area (Å²) in [6.45, 7) is 1.30. The Bertz CT molecular complexity index is 586. The van der Waals surface area contributed by atoms with E-state index in [2.05, 4.69) is 10.3 Å². The van der Waals surface area contributed by atoms with Crippen LogP contribution in [0.15, 0.2) is 43.0 Å². The molecule has 1 aromatic carbocycles. The number of nitrogens with two attached hydrogens (primary N) is 1. The summed E-state index contributed by atoms with van der Waals surface area (Å²) in [5, 5.41) is 2.75. The zero-order valence-corrected chi connectivity index (χ0v) is 12.4. The molecule has 1 unspecified atom stereocenters. The summed E-state index contributed by atoms with van der Waals surface area (Å²) in [6.07, 6.45) is 5.30. The summed E-state index contributed by atoms with van der Waals surface area (Å²) in [5.74, 6) is 0.285. The SMILES string of the molecule is COCC(N)C(=O)Nc1ccccc1OCCn1ccnc1. The van der Waals surface area contributed by atoms with Gasteiger partial charge in [0.1, 0.15) is 18.4 Å². The Morgan fingerprint density at radius 3 is 3.00 bits per heavy atom. The van der Waals surface area contributed by atoms with Crippen molar-refractivity contribution in [3.63, 3.8) is 0 Å². The number of ether oxygens (including phenoxy) is 2. The van der Waals surface area contributed by atoms with E-state index in [9.17, 15) is 4.79 Å². The first kappa shape index (κ1) is 16.0. The molecule has 118 valence electrons. The number of hydrogen-bond acceptors (Lipinski definition) is 5. The smallest absolute Gasteiger partial charge is 0.243 e. The fraction of sp³-hybridized carbons (Fsp3) is 0.333. The average Bonchev–Trinajstić information content (AvgIpc) is 3.02. The molecular weight excluding hydrogens is 284 g/mol. The lowest BCUT2D eigenvalue weighted by atomic mass is 10.2. The number of imidazole rings is 1. The molecule has 0 aliphatic heterocycles. The predicted molar refractivity (Wildman–Crippen MR) is 82.6 cm³/mol. The van der Waals surface area contributed by atoms with E-state index in [1.165, 1.54) is 7.11 Å². The highest BCUT2D eigenvalue weighted by Crippen LogP contribution is 2.23. The minimum atomic E-state index is -0.719.